The van der Waals surface area contributed by atoms with Crippen molar-refractivity contribution >= 4 is 11.2 Å². The van der Waals surface area contributed by atoms with E-state index in [2.05, 4.69) is 18.8 Å². The van der Waals surface area contributed by atoms with Gasteiger partial charge >= 0.3 is 5.69 Å². The predicted octanol–water partition coefficient (Wildman–Crippen LogP) is 0.372. The normalized spacial score (nSPS) is 15.7. The highest BCUT2D eigenvalue weighted by Gasteiger charge is 2.31. The number of aryl methyl sites for hydroxylation is 2. The zero-order valence-electron chi connectivity index (χ0n) is 15.6. The van der Waals surface area contributed by atoms with Crippen molar-refractivity contribution in [2.24, 2.45) is 20.0 Å². The Morgan fingerprint density at radius 1 is 1.28 bits per heavy atom. The Balaban J connectivity index is 2.32. The number of imidazole rings is 1. The van der Waals surface area contributed by atoms with Crippen molar-refractivity contribution in [1.29, 1.82) is 0 Å². The first-order valence-electron chi connectivity index (χ1n) is 8.57. The van der Waals surface area contributed by atoms with E-state index in [1.54, 1.807) is 11.6 Å². The van der Waals surface area contributed by atoms with Crippen LogP contribution in [0.1, 0.15) is 40.0 Å². The highest BCUT2D eigenvalue weighted by Crippen LogP contribution is 2.21. The summed E-state index contributed by atoms with van der Waals surface area (Å²) in [6, 6.07) is 0. The number of hydrogen-bond acceptors (Lipinski definition) is 5. The van der Waals surface area contributed by atoms with Crippen molar-refractivity contribution < 1.29 is 10.2 Å². The van der Waals surface area contributed by atoms with Crippen molar-refractivity contribution in [3.63, 3.8) is 0 Å². The molecular formula is C17H28N4O4. The number of fused-ring (bicyclic) bond motifs is 1. The summed E-state index contributed by atoms with van der Waals surface area (Å²) in [5, 5.41) is 21.0. The molecule has 2 aromatic rings. The van der Waals surface area contributed by atoms with Gasteiger partial charge in [-0.3, -0.25) is 13.9 Å². The molecular weight excluding hydrogens is 324 g/mol. The Bertz CT molecular complexity index is 860. The summed E-state index contributed by atoms with van der Waals surface area (Å²) in [5.41, 5.74) is -1.87. The number of aromatic nitrogens is 4. The van der Waals surface area contributed by atoms with E-state index in [9.17, 15) is 19.8 Å². The van der Waals surface area contributed by atoms with E-state index in [-0.39, 0.29) is 12.1 Å². The first-order chi connectivity index (χ1) is 11.6. The van der Waals surface area contributed by atoms with Gasteiger partial charge in [-0.25, -0.2) is 9.78 Å². The first kappa shape index (κ1) is 19.4. The van der Waals surface area contributed by atoms with E-state index in [1.807, 2.05) is 0 Å². The summed E-state index contributed by atoms with van der Waals surface area (Å²) < 4.78 is 3.78. The van der Waals surface area contributed by atoms with E-state index in [0.717, 1.165) is 17.4 Å². The van der Waals surface area contributed by atoms with Gasteiger partial charge in [0.2, 0.25) is 0 Å². The van der Waals surface area contributed by atoms with Crippen LogP contribution >= 0.6 is 0 Å². The lowest BCUT2D eigenvalue weighted by Gasteiger charge is -2.29. The molecule has 2 aromatic heterocycles. The average Bonchev–Trinajstić information content (AvgIpc) is 2.90. The summed E-state index contributed by atoms with van der Waals surface area (Å²) in [6.45, 7) is 5.46. The van der Waals surface area contributed by atoms with E-state index < -0.39 is 23.0 Å². The summed E-state index contributed by atoms with van der Waals surface area (Å²) in [4.78, 5) is 29.2. The quantitative estimate of drug-likeness (QED) is 0.750. The largest absolute Gasteiger partial charge is 0.388 e. The Labute approximate surface area is 146 Å². The van der Waals surface area contributed by atoms with E-state index in [4.69, 9.17) is 0 Å². The molecule has 0 fully saturated rings. The third-order valence-corrected chi connectivity index (χ3v) is 4.74. The summed E-state index contributed by atoms with van der Waals surface area (Å²) in [6.07, 6.45) is 2.33. The third kappa shape index (κ3) is 3.85. The molecule has 0 saturated carbocycles. The molecule has 25 heavy (non-hydrogen) atoms. The molecule has 2 heterocycles. The summed E-state index contributed by atoms with van der Waals surface area (Å²) in [5.74, 6) is 0.509. The molecule has 0 saturated heterocycles. The first-order valence-corrected chi connectivity index (χ1v) is 8.57. The van der Waals surface area contributed by atoms with Crippen LogP contribution in [0, 0.1) is 5.92 Å². The van der Waals surface area contributed by atoms with Gasteiger partial charge in [0.15, 0.2) is 11.2 Å². The molecule has 2 N–H and O–H groups in total. The maximum absolute atomic E-state index is 12.6. The fourth-order valence-electron chi connectivity index (χ4n) is 2.96. The molecule has 8 heteroatoms. The molecule has 2 atom stereocenters. The number of rotatable bonds is 7. The van der Waals surface area contributed by atoms with Gasteiger partial charge in [-0.05, 0) is 19.3 Å². The van der Waals surface area contributed by atoms with Gasteiger partial charge in [-0.1, -0.05) is 26.7 Å². The molecule has 0 radical (unpaired) electrons. The fourth-order valence-corrected chi connectivity index (χ4v) is 2.96. The second-order valence-corrected chi connectivity index (χ2v) is 7.44. The van der Waals surface area contributed by atoms with Crippen LogP contribution in [0.5, 0.6) is 0 Å². The van der Waals surface area contributed by atoms with Crippen molar-refractivity contribution in [2.75, 3.05) is 0 Å². The number of aliphatic hydroxyl groups excluding tert-OH is 1. The van der Waals surface area contributed by atoms with Crippen LogP contribution in [0.3, 0.4) is 0 Å². The molecule has 0 spiro atoms. The third-order valence-electron chi connectivity index (χ3n) is 4.74. The van der Waals surface area contributed by atoms with Gasteiger partial charge < -0.3 is 14.8 Å². The van der Waals surface area contributed by atoms with Gasteiger partial charge in [-0.15, -0.1) is 0 Å². The topological polar surface area (TPSA) is 102 Å². The van der Waals surface area contributed by atoms with Crippen molar-refractivity contribution in [3.05, 3.63) is 27.2 Å². The zero-order valence-corrected chi connectivity index (χ0v) is 15.6. The number of hydrogen-bond donors (Lipinski definition) is 2. The minimum Gasteiger partial charge on any atom is -0.388 e. The Morgan fingerprint density at radius 2 is 1.92 bits per heavy atom. The lowest BCUT2D eigenvalue weighted by molar-refractivity contribution is -0.0759. The minimum atomic E-state index is -1.37. The maximum atomic E-state index is 12.6. The Kier molecular flexibility index (Phi) is 5.53. The lowest BCUT2D eigenvalue weighted by Crippen LogP contribution is -2.48. The number of aliphatic hydroxyl groups is 2. The molecule has 2 unspecified atom stereocenters. The summed E-state index contributed by atoms with van der Waals surface area (Å²) >= 11 is 0. The Morgan fingerprint density at radius 3 is 2.52 bits per heavy atom. The van der Waals surface area contributed by atoms with Gasteiger partial charge in [-0.2, -0.15) is 0 Å². The van der Waals surface area contributed by atoms with Crippen LogP contribution in [0.2, 0.25) is 0 Å². The molecule has 0 aliphatic heterocycles. The highest BCUT2D eigenvalue weighted by atomic mass is 16.3. The van der Waals surface area contributed by atoms with Gasteiger partial charge in [0.25, 0.3) is 5.56 Å². The molecule has 0 bridgehead atoms. The molecule has 0 amide bonds. The van der Waals surface area contributed by atoms with Crippen LogP contribution in [0.4, 0.5) is 0 Å². The highest BCUT2D eigenvalue weighted by molar-refractivity contribution is 5.69. The second kappa shape index (κ2) is 7.13. The lowest BCUT2D eigenvalue weighted by atomic mass is 9.91. The van der Waals surface area contributed by atoms with Crippen molar-refractivity contribution in [1.82, 2.24) is 18.7 Å². The summed E-state index contributed by atoms with van der Waals surface area (Å²) in [7, 11) is 3.20. The molecule has 140 valence electrons. The van der Waals surface area contributed by atoms with Crippen molar-refractivity contribution in [2.45, 2.75) is 58.3 Å². The van der Waals surface area contributed by atoms with Crippen molar-refractivity contribution in [3.8, 4) is 0 Å². The van der Waals surface area contributed by atoms with Crippen LogP contribution in [-0.4, -0.2) is 40.6 Å². The zero-order chi connectivity index (χ0) is 18.9. The number of nitrogens with zero attached hydrogens (tertiary/aromatic N) is 4. The van der Waals surface area contributed by atoms with E-state index in [1.165, 1.54) is 24.9 Å². The fraction of sp³-hybridized carbons (Fsp3) is 0.706. The molecule has 0 aliphatic carbocycles. The molecule has 8 nitrogen and oxygen atoms in total. The van der Waals surface area contributed by atoms with Gasteiger partial charge in [0, 0.05) is 14.1 Å². The SMILES string of the molecule is CC(C)CCCC(C)(O)C(O)Cn1c(=O)c2c(ncn2C)n(C)c1=O. The maximum Gasteiger partial charge on any atom is 0.332 e. The van der Waals surface area contributed by atoms with E-state index >= 15 is 0 Å². The van der Waals surface area contributed by atoms with Crippen LogP contribution < -0.4 is 11.2 Å². The molecule has 0 aliphatic rings. The average molecular weight is 352 g/mol. The van der Waals surface area contributed by atoms with Gasteiger partial charge in [0.05, 0.1) is 18.5 Å². The van der Waals surface area contributed by atoms with Crippen LogP contribution in [0.25, 0.3) is 11.2 Å². The van der Waals surface area contributed by atoms with Gasteiger partial charge in [0.1, 0.15) is 6.10 Å². The minimum absolute atomic E-state index is 0.263. The smallest absolute Gasteiger partial charge is 0.332 e. The van der Waals surface area contributed by atoms with Crippen LogP contribution in [0.15, 0.2) is 15.9 Å². The van der Waals surface area contributed by atoms with E-state index in [0.29, 0.717) is 18.0 Å². The standard InChI is InChI=1S/C17H28N4O4/c1-11(2)7-6-8-17(3,25)12(22)9-21-15(23)13-14(18-10-19(13)4)20(5)16(21)24/h10-12,22,25H,6-9H2,1-5H3. The van der Waals surface area contributed by atoms with Crippen LogP contribution in [-0.2, 0) is 20.6 Å². The Hall–Kier alpha value is -1.93. The second-order valence-electron chi connectivity index (χ2n) is 7.44. The molecule has 0 aromatic carbocycles. The molecule has 2 rings (SSSR count). The predicted molar refractivity (Wildman–Crippen MR) is 95.5 cm³/mol. The monoisotopic (exact) mass is 352 g/mol.